The lowest BCUT2D eigenvalue weighted by Gasteiger charge is -2.34. The van der Waals surface area contributed by atoms with E-state index in [9.17, 15) is 0 Å². The Hall–Kier alpha value is -0.313. The van der Waals surface area contributed by atoms with Crippen molar-refractivity contribution in [1.29, 1.82) is 0 Å². The van der Waals surface area contributed by atoms with Crippen LogP contribution in [0.5, 0.6) is 0 Å². The van der Waals surface area contributed by atoms with Crippen LogP contribution >= 0.6 is 11.6 Å². The van der Waals surface area contributed by atoms with E-state index >= 15 is 0 Å². The molecule has 1 rings (SSSR count). The molecule has 15 heavy (non-hydrogen) atoms. The Balaban J connectivity index is 2.96. The predicted molar refractivity (Wildman–Crippen MR) is 69.3 cm³/mol. The normalized spacial score (nSPS) is 16.1. The molecule has 0 aromatic heterocycles. The molecule has 0 aliphatic heterocycles. The van der Waals surface area contributed by atoms with E-state index in [0.29, 0.717) is 5.50 Å². The Bertz CT molecular complexity index is 307. The molecule has 84 valence electrons. The van der Waals surface area contributed by atoms with E-state index in [0.717, 1.165) is 0 Å². The van der Waals surface area contributed by atoms with Crippen LogP contribution in [0.25, 0.3) is 0 Å². The third kappa shape index (κ3) is 3.63. The van der Waals surface area contributed by atoms with Crippen LogP contribution in [0.1, 0.15) is 20.8 Å². The highest BCUT2D eigenvalue weighted by atomic mass is 35.5. The van der Waals surface area contributed by atoms with Crippen LogP contribution < -0.4 is 5.19 Å². The van der Waals surface area contributed by atoms with Crippen LogP contribution in [0, 0.1) is 0 Å². The summed E-state index contributed by atoms with van der Waals surface area (Å²) >= 11 is 6.09. The van der Waals surface area contributed by atoms with Crippen molar-refractivity contribution in [2.24, 2.45) is 0 Å². The van der Waals surface area contributed by atoms with Gasteiger partial charge in [-0.1, -0.05) is 30.3 Å². The average Bonchev–Trinajstić information content (AvgIpc) is 2.16. The smallest absolute Gasteiger partial charge is 0.236 e. The number of halogens is 1. The van der Waals surface area contributed by atoms with Crippen molar-refractivity contribution in [1.82, 2.24) is 0 Å². The molecule has 0 saturated heterocycles. The lowest BCUT2D eigenvalue weighted by molar-refractivity contribution is 0.124. The van der Waals surface area contributed by atoms with Gasteiger partial charge in [0.1, 0.15) is 0 Å². The molecule has 0 fully saturated rings. The zero-order valence-corrected chi connectivity index (χ0v) is 11.6. The van der Waals surface area contributed by atoms with Crippen molar-refractivity contribution < 1.29 is 4.43 Å². The van der Waals surface area contributed by atoms with Crippen LogP contribution in [-0.2, 0) is 4.43 Å². The molecule has 0 saturated carbocycles. The van der Waals surface area contributed by atoms with Crippen molar-refractivity contribution >= 4 is 25.1 Å². The molecule has 1 aromatic carbocycles. The van der Waals surface area contributed by atoms with Gasteiger partial charge in [-0.2, -0.15) is 0 Å². The Kier molecular flexibility index (Phi) is 3.98. The summed E-state index contributed by atoms with van der Waals surface area (Å²) in [6.45, 7) is 8.40. The Morgan fingerprint density at radius 2 is 1.73 bits per heavy atom. The summed E-state index contributed by atoms with van der Waals surface area (Å²) in [7, 11) is -1.97. The van der Waals surface area contributed by atoms with Crippen LogP contribution in [0.15, 0.2) is 30.3 Å². The maximum Gasteiger partial charge on any atom is 0.236 e. The summed E-state index contributed by atoms with van der Waals surface area (Å²) in [5, 5.41) is 1.26. The van der Waals surface area contributed by atoms with E-state index in [1.165, 1.54) is 5.19 Å². The third-order valence-electron chi connectivity index (χ3n) is 2.17. The SMILES string of the molecule is CC(C)(C)O[Si](C)(CCl)c1ccccc1. The van der Waals surface area contributed by atoms with Gasteiger partial charge in [-0.3, -0.25) is 0 Å². The number of rotatable bonds is 3. The fourth-order valence-corrected chi connectivity index (χ4v) is 4.83. The maximum atomic E-state index is 6.17. The molecule has 0 bridgehead atoms. The molecule has 1 nitrogen and oxygen atoms in total. The average molecular weight is 243 g/mol. The van der Waals surface area contributed by atoms with Gasteiger partial charge in [0, 0.05) is 11.1 Å². The lowest BCUT2D eigenvalue weighted by Crippen LogP contribution is -2.54. The summed E-state index contributed by atoms with van der Waals surface area (Å²) in [6.07, 6.45) is 0. The van der Waals surface area contributed by atoms with Crippen molar-refractivity contribution in [3.05, 3.63) is 30.3 Å². The van der Waals surface area contributed by atoms with Crippen molar-refractivity contribution in [3.8, 4) is 0 Å². The second kappa shape index (κ2) is 4.68. The van der Waals surface area contributed by atoms with Gasteiger partial charge in [0.25, 0.3) is 0 Å². The van der Waals surface area contributed by atoms with Crippen LogP contribution in [0.4, 0.5) is 0 Å². The van der Waals surface area contributed by atoms with Crippen LogP contribution in [0.2, 0.25) is 6.55 Å². The molecule has 3 heteroatoms. The Morgan fingerprint density at radius 1 is 1.20 bits per heavy atom. The number of benzene rings is 1. The van der Waals surface area contributed by atoms with E-state index in [2.05, 4.69) is 39.5 Å². The minimum Gasteiger partial charge on any atom is -0.407 e. The van der Waals surface area contributed by atoms with Crippen molar-refractivity contribution in [2.75, 3.05) is 5.50 Å². The standard InChI is InChI=1S/C12H19ClOSi/c1-12(2,3)14-15(4,10-13)11-8-6-5-7-9-11/h5-9H,10H2,1-4H3. The summed E-state index contributed by atoms with van der Waals surface area (Å²) < 4.78 is 6.17. The summed E-state index contributed by atoms with van der Waals surface area (Å²) in [5.41, 5.74) is 0.458. The first-order valence-electron chi connectivity index (χ1n) is 5.19. The van der Waals surface area contributed by atoms with Gasteiger partial charge in [-0.05, 0) is 32.5 Å². The molecule has 1 unspecified atom stereocenters. The van der Waals surface area contributed by atoms with Gasteiger partial charge in [0.15, 0.2) is 0 Å². The summed E-state index contributed by atoms with van der Waals surface area (Å²) in [4.78, 5) is 0. The van der Waals surface area contributed by atoms with Gasteiger partial charge in [0.05, 0.1) is 0 Å². The van der Waals surface area contributed by atoms with Gasteiger partial charge in [-0.25, -0.2) is 0 Å². The zero-order valence-electron chi connectivity index (χ0n) is 9.88. The quantitative estimate of drug-likeness (QED) is 0.585. The van der Waals surface area contributed by atoms with E-state index in [-0.39, 0.29) is 5.60 Å². The minimum absolute atomic E-state index is 0.133. The topological polar surface area (TPSA) is 9.23 Å². The number of hydrogen-bond donors (Lipinski definition) is 0. The first kappa shape index (κ1) is 12.8. The first-order valence-corrected chi connectivity index (χ1v) is 8.34. The second-order valence-electron chi connectivity index (χ2n) is 4.94. The molecular formula is C12H19ClOSi. The monoisotopic (exact) mass is 242 g/mol. The number of alkyl halides is 1. The fourth-order valence-electron chi connectivity index (χ4n) is 1.63. The number of hydrogen-bond acceptors (Lipinski definition) is 1. The van der Waals surface area contributed by atoms with Crippen molar-refractivity contribution in [3.63, 3.8) is 0 Å². The molecule has 0 aliphatic carbocycles. The van der Waals surface area contributed by atoms with Gasteiger partial charge >= 0.3 is 0 Å². The highest BCUT2D eigenvalue weighted by Gasteiger charge is 2.34. The Morgan fingerprint density at radius 3 is 2.13 bits per heavy atom. The largest absolute Gasteiger partial charge is 0.407 e. The lowest BCUT2D eigenvalue weighted by atomic mass is 10.2. The third-order valence-corrected chi connectivity index (χ3v) is 6.83. The molecule has 0 radical (unpaired) electrons. The second-order valence-corrected chi connectivity index (χ2v) is 9.26. The van der Waals surface area contributed by atoms with E-state index in [1.807, 2.05) is 18.2 Å². The summed E-state index contributed by atoms with van der Waals surface area (Å²) in [6, 6.07) is 10.3. The molecule has 0 heterocycles. The molecule has 1 aromatic rings. The first-order chi connectivity index (χ1) is 6.87. The van der Waals surface area contributed by atoms with Crippen LogP contribution in [0.3, 0.4) is 0 Å². The molecule has 0 aliphatic rings. The molecule has 1 atom stereocenters. The highest BCUT2D eigenvalue weighted by molar-refractivity contribution is 6.90. The van der Waals surface area contributed by atoms with E-state index in [4.69, 9.17) is 16.0 Å². The maximum absolute atomic E-state index is 6.17. The van der Waals surface area contributed by atoms with Gasteiger partial charge < -0.3 is 4.43 Å². The Labute approximate surface area is 98.5 Å². The fraction of sp³-hybridized carbons (Fsp3) is 0.500. The molecule has 0 amide bonds. The van der Waals surface area contributed by atoms with Gasteiger partial charge in [-0.15, -0.1) is 11.6 Å². The molecule has 0 N–H and O–H groups in total. The predicted octanol–water partition coefficient (Wildman–Crippen LogP) is 3.06. The van der Waals surface area contributed by atoms with Gasteiger partial charge in [0.2, 0.25) is 8.32 Å². The van der Waals surface area contributed by atoms with Crippen molar-refractivity contribution in [2.45, 2.75) is 32.9 Å². The van der Waals surface area contributed by atoms with Crippen LogP contribution in [-0.4, -0.2) is 19.4 Å². The highest BCUT2D eigenvalue weighted by Crippen LogP contribution is 2.18. The minimum atomic E-state index is -1.97. The van der Waals surface area contributed by atoms with E-state index < -0.39 is 8.32 Å². The molecular weight excluding hydrogens is 224 g/mol. The molecule has 0 spiro atoms. The summed E-state index contributed by atoms with van der Waals surface area (Å²) in [5.74, 6) is 0. The zero-order chi connectivity index (χ0) is 11.5. The van der Waals surface area contributed by atoms with E-state index in [1.54, 1.807) is 0 Å².